The van der Waals surface area contributed by atoms with Gasteiger partial charge < -0.3 is 5.11 Å². The number of hydrogen-bond donors (Lipinski definition) is 2. The molecule has 1 aromatic rings. The zero-order valence-electron chi connectivity index (χ0n) is 5.78. The molecule has 0 saturated heterocycles. The molecule has 10 heavy (non-hydrogen) atoms. The molecule has 1 heterocycles. The Bertz CT molecular complexity index is 172. The lowest BCUT2D eigenvalue weighted by atomic mass is 10.2. The number of aromatic amines is 1. The summed E-state index contributed by atoms with van der Waals surface area (Å²) < 4.78 is 0. The Balaban J connectivity index is 2.28. The van der Waals surface area contributed by atoms with E-state index in [0.717, 1.165) is 0 Å². The first-order chi connectivity index (χ1) is 4.79. The van der Waals surface area contributed by atoms with Gasteiger partial charge >= 0.3 is 0 Å². The van der Waals surface area contributed by atoms with Crippen molar-refractivity contribution in [2.45, 2.75) is 25.9 Å². The van der Waals surface area contributed by atoms with Gasteiger partial charge in [0.15, 0.2) is 5.82 Å². The zero-order chi connectivity index (χ0) is 7.40. The summed E-state index contributed by atoms with van der Waals surface area (Å²) in [7, 11) is 0. The minimum absolute atomic E-state index is 0.293. The predicted octanol–water partition coefficient (Wildman–Crippen LogP) is -0.487. The van der Waals surface area contributed by atoms with Crippen molar-refractivity contribution in [3.05, 3.63) is 5.82 Å². The number of aryl methyl sites for hydroxylation is 1. The van der Waals surface area contributed by atoms with Gasteiger partial charge in [-0.25, -0.2) is 0 Å². The second-order valence-corrected chi connectivity index (χ2v) is 2.22. The van der Waals surface area contributed by atoms with Gasteiger partial charge in [0, 0.05) is 6.42 Å². The number of nitrogens with zero attached hydrogens (tertiary/aromatic N) is 3. The van der Waals surface area contributed by atoms with Gasteiger partial charge in [-0.15, -0.1) is 10.2 Å². The lowest BCUT2D eigenvalue weighted by Crippen LogP contribution is -2.02. The van der Waals surface area contributed by atoms with Gasteiger partial charge in [0.1, 0.15) is 0 Å². The topological polar surface area (TPSA) is 74.7 Å². The summed E-state index contributed by atoms with van der Waals surface area (Å²) in [6, 6.07) is 0. The quantitative estimate of drug-likeness (QED) is 0.597. The molecule has 1 atom stereocenters. The van der Waals surface area contributed by atoms with Crippen molar-refractivity contribution >= 4 is 0 Å². The number of H-pyrrole nitrogens is 1. The van der Waals surface area contributed by atoms with Crippen LogP contribution in [0.4, 0.5) is 0 Å². The van der Waals surface area contributed by atoms with E-state index in [2.05, 4.69) is 20.6 Å². The Kier molecular flexibility index (Phi) is 2.33. The summed E-state index contributed by atoms with van der Waals surface area (Å²) in [5.74, 6) is 0.654. The van der Waals surface area contributed by atoms with E-state index < -0.39 is 0 Å². The average molecular weight is 142 g/mol. The number of hydrogen-bond acceptors (Lipinski definition) is 4. The molecule has 1 rings (SSSR count). The molecule has 56 valence electrons. The van der Waals surface area contributed by atoms with Gasteiger partial charge in [-0.2, -0.15) is 5.21 Å². The van der Waals surface area contributed by atoms with Crippen LogP contribution in [0.5, 0.6) is 0 Å². The summed E-state index contributed by atoms with van der Waals surface area (Å²) >= 11 is 0. The molecule has 5 nitrogen and oxygen atoms in total. The van der Waals surface area contributed by atoms with Crippen LogP contribution in [-0.4, -0.2) is 31.8 Å². The summed E-state index contributed by atoms with van der Waals surface area (Å²) in [4.78, 5) is 0. The number of aromatic nitrogens is 4. The van der Waals surface area contributed by atoms with Crippen molar-refractivity contribution in [1.82, 2.24) is 20.6 Å². The van der Waals surface area contributed by atoms with Crippen molar-refractivity contribution in [3.8, 4) is 0 Å². The maximum atomic E-state index is 8.87. The molecule has 0 amide bonds. The standard InChI is InChI=1S/C5H10N4O/c1-4(10)2-3-5-6-8-9-7-5/h4,10H,2-3H2,1H3,(H,6,7,8,9)/t4-/m1/s1. The van der Waals surface area contributed by atoms with Crippen LogP contribution in [0.15, 0.2) is 0 Å². The van der Waals surface area contributed by atoms with Gasteiger partial charge in [-0.05, 0) is 13.3 Å². The van der Waals surface area contributed by atoms with Crippen molar-refractivity contribution in [3.63, 3.8) is 0 Å². The van der Waals surface area contributed by atoms with Gasteiger partial charge in [0.25, 0.3) is 0 Å². The van der Waals surface area contributed by atoms with E-state index in [9.17, 15) is 0 Å². The Morgan fingerprint density at radius 3 is 3.00 bits per heavy atom. The highest BCUT2D eigenvalue weighted by Gasteiger charge is 2.00. The van der Waals surface area contributed by atoms with E-state index >= 15 is 0 Å². The van der Waals surface area contributed by atoms with Gasteiger partial charge in [0.05, 0.1) is 6.10 Å². The molecule has 0 fully saturated rings. The third-order valence-corrected chi connectivity index (χ3v) is 1.17. The van der Waals surface area contributed by atoms with Crippen LogP contribution >= 0.6 is 0 Å². The van der Waals surface area contributed by atoms with Crippen molar-refractivity contribution in [2.75, 3.05) is 0 Å². The molecule has 0 aliphatic carbocycles. The van der Waals surface area contributed by atoms with Crippen molar-refractivity contribution in [2.24, 2.45) is 0 Å². The summed E-state index contributed by atoms with van der Waals surface area (Å²) in [6.07, 6.45) is 1.06. The van der Waals surface area contributed by atoms with E-state index in [0.29, 0.717) is 18.7 Å². The van der Waals surface area contributed by atoms with E-state index in [1.807, 2.05) is 0 Å². The highest BCUT2D eigenvalue weighted by Crippen LogP contribution is 1.95. The molecule has 0 saturated carbocycles. The maximum absolute atomic E-state index is 8.87. The number of aliphatic hydroxyl groups excluding tert-OH is 1. The smallest absolute Gasteiger partial charge is 0.174 e. The fourth-order valence-corrected chi connectivity index (χ4v) is 0.626. The molecule has 0 aromatic carbocycles. The molecule has 2 N–H and O–H groups in total. The second kappa shape index (κ2) is 3.26. The number of aliphatic hydroxyl groups is 1. The minimum Gasteiger partial charge on any atom is -0.393 e. The zero-order valence-corrected chi connectivity index (χ0v) is 5.78. The van der Waals surface area contributed by atoms with Gasteiger partial charge in [-0.1, -0.05) is 5.21 Å². The first-order valence-electron chi connectivity index (χ1n) is 3.19. The van der Waals surface area contributed by atoms with E-state index in [-0.39, 0.29) is 6.10 Å². The third-order valence-electron chi connectivity index (χ3n) is 1.17. The first-order valence-corrected chi connectivity index (χ1v) is 3.19. The fraction of sp³-hybridized carbons (Fsp3) is 0.800. The van der Waals surface area contributed by atoms with Crippen LogP contribution in [0.25, 0.3) is 0 Å². The third kappa shape index (κ3) is 2.10. The Morgan fingerprint density at radius 2 is 2.50 bits per heavy atom. The van der Waals surface area contributed by atoms with Gasteiger partial charge in [0.2, 0.25) is 0 Å². The molecule has 0 bridgehead atoms. The van der Waals surface area contributed by atoms with Crippen LogP contribution in [0.1, 0.15) is 19.2 Å². The number of tetrazole rings is 1. The van der Waals surface area contributed by atoms with Crippen LogP contribution in [0.2, 0.25) is 0 Å². The lowest BCUT2D eigenvalue weighted by Gasteiger charge is -1.97. The van der Waals surface area contributed by atoms with Crippen LogP contribution in [0.3, 0.4) is 0 Å². The van der Waals surface area contributed by atoms with Crippen LogP contribution in [0, 0.1) is 0 Å². The summed E-state index contributed by atoms with van der Waals surface area (Å²) in [5, 5.41) is 22.0. The number of nitrogens with one attached hydrogen (secondary N) is 1. The van der Waals surface area contributed by atoms with E-state index in [1.54, 1.807) is 6.92 Å². The van der Waals surface area contributed by atoms with E-state index in [1.165, 1.54) is 0 Å². The summed E-state index contributed by atoms with van der Waals surface area (Å²) in [5.41, 5.74) is 0. The van der Waals surface area contributed by atoms with Crippen LogP contribution < -0.4 is 0 Å². The molecule has 0 spiro atoms. The summed E-state index contributed by atoms with van der Waals surface area (Å²) in [6.45, 7) is 1.74. The molecule has 0 aliphatic heterocycles. The van der Waals surface area contributed by atoms with E-state index in [4.69, 9.17) is 5.11 Å². The predicted molar refractivity (Wildman–Crippen MR) is 34.2 cm³/mol. The molecule has 0 aliphatic rings. The largest absolute Gasteiger partial charge is 0.393 e. The fourth-order valence-electron chi connectivity index (χ4n) is 0.626. The van der Waals surface area contributed by atoms with Crippen molar-refractivity contribution < 1.29 is 5.11 Å². The van der Waals surface area contributed by atoms with Crippen molar-refractivity contribution in [1.29, 1.82) is 0 Å². The molecular weight excluding hydrogens is 132 g/mol. The number of rotatable bonds is 3. The molecule has 0 unspecified atom stereocenters. The Labute approximate surface area is 58.5 Å². The van der Waals surface area contributed by atoms with Gasteiger partial charge in [-0.3, -0.25) is 0 Å². The monoisotopic (exact) mass is 142 g/mol. The first kappa shape index (κ1) is 7.14. The highest BCUT2D eigenvalue weighted by atomic mass is 16.3. The lowest BCUT2D eigenvalue weighted by molar-refractivity contribution is 0.184. The minimum atomic E-state index is -0.293. The molecule has 0 radical (unpaired) electrons. The maximum Gasteiger partial charge on any atom is 0.174 e. The second-order valence-electron chi connectivity index (χ2n) is 2.22. The normalized spacial score (nSPS) is 13.4. The Hall–Kier alpha value is -0.970. The Morgan fingerprint density at radius 1 is 1.70 bits per heavy atom. The molecular formula is C5H10N4O. The average Bonchev–Trinajstić information content (AvgIpc) is 2.34. The SMILES string of the molecule is C[C@@H](O)CCc1nn[nH]n1. The highest BCUT2D eigenvalue weighted by molar-refractivity contribution is 4.76. The van der Waals surface area contributed by atoms with Crippen LogP contribution in [-0.2, 0) is 6.42 Å². The molecule has 1 aromatic heterocycles. The molecule has 5 heteroatoms.